The maximum absolute atomic E-state index is 16.0. The minimum atomic E-state index is -6.84. The van der Waals surface area contributed by atoms with E-state index in [4.69, 9.17) is 4.84 Å². The molecule has 0 bridgehead atoms. The smallest absolute Gasteiger partial charge is 0.327 e. The molecule has 0 radical (unpaired) electrons. The molecule has 0 aliphatic rings. The summed E-state index contributed by atoms with van der Waals surface area (Å²) in [6.07, 6.45) is -24.2. The number of alkyl halides is 13. The van der Waals surface area contributed by atoms with Gasteiger partial charge >= 0.3 is 36.3 Å². The molecule has 4 aromatic rings. The molecule has 1 aromatic heterocycles. The van der Waals surface area contributed by atoms with Crippen LogP contribution in [0.5, 0.6) is 0 Å². The van der Waals surface area contributed by atoms with Crippen molar-refractivity contribution in [2.24, 2.45) is 0 Å². The summed E-state index contributed by atoms with van der Waals surface area (Å²) in [5.74, 6) is -7.93. The third kappa shape index (κ3) is 8.24. The van der Waals surface area contributed by atoms with E-state index in [1.165, 1.54) is 5.32 Å². The van der Waals surface area contributed by atoms with Crippen LogP contribution in [-0.2, 0) is 22.9 Å². The summed E-state index contributed by atoms with van der Waals surface area (Å²) in [5.41, 5.74) is -18.4. The average Bonchev–Trinajstić information content (AvgIpc) is 3.05. The minimum absolute atomic E-state index is 0.180. The molecule has 0 spiro atoms. The van der Waals surface area contributed by atoms with E-state index in [-0.39, 0.29) is 11.1 Å². The summed E-state index contributed by atoms with van der Waals surface area (Å²) < 4.78 is 203. The first kappa shape index (κ1) is 41.4. The summed E-state index contributed by atoms with van der Waals surface area (Å²) in [6.45, 7) is 0. The molecule has 2 amide bonds. The van der Waals surface area contributed by atoms with Gasteiger partial charge in [0, 0.05) is 21.8 Å². The number of aromatic nitrogens is 1. The second-order valence-electron chi connectivity index (χ2n) is 10.5. The number of hydroxylamine groups is 1. The summed E-state index contributed by atoms with van der Waals surface area (Å²) in [4.78, 5) is 47.3. The van der Waals surface area contributed by atoms with Crippen LogP contribution in [0.15, 0.2) is 77.4 Å². The molecule has 0 saturated carbocycles. The summed E-state index contributed by atoms with van der Waals surface area (Å²) in [6, 6.07) is 4.52. The first-order valence-corrected chi connectivity index (χ1v) is 14.7. The topological polar surface area (TPSA) is 88.6 Å². The van der Waals surface area contributed by atoms with Crippen molar-refractivity contribution >= 4 is 45.1 Å². The fraction of sp³-hybridized carbons (Fsp3) is 0.161. The van der Waals surface area contributed by atoms with E-state index >= 15 is 4.39 Å². The second-order valence-corrected chi connectivity index (χ2v) is 11.4. The van der Waals surface area contributed by atoms with Crippen molar-refractivity contribution in [1.29, 1.82) is 0 Å². The Bertz CT molecular complexity index is 2070. The van der Waals surface area contributed by atoms with Gasteiger partial charge in [0.2, 0.25) is 0 Å². The molecule has 0 saturated heterocycles. The molecular weight excluding hydrogens is 843 g/mol. The molecule has 0 aliphatic carbocycles. The number of anilines is 2. The Kier molecular flexibility index (Phi) is 11.1. The number of nitrogens with zero attached hydrogens (tertiary/aromatic N) is 2. The molecule has 4 rings (SSSR count). The van der Waals surface area contributed by atoms with Crippen LogP contribution in [0.4, 0.5) is 77.2 Å². The van der Waals surface area contributed by atoms with Crippen molar-refractivity contribution in [1.82, 2.24) is 4.98 Å². The van der Waals surface area contributed by atoms with Crippen molar-refractivity contribution in [2.75, 3.05) is 10.4 Å². The number of pyridine rings is 1. The Hall–Kier alpha value is -5.35. The first-order valence-electron chi connectivity index (χ1n) is 13.9. The first-order chi connectivity index (χ1) is 24.7. The fourth-order valence-corrected chi connectivity index (χ4v) is 4.96. The molecule has 1 heterocycles. The van der Waals surface area contributed by atoms with Crippen molar-refractivity contribution in [3.63, 3.8) is 0 Å². The largest absolute Gasteiger partial charge is 0.435 e. The number of nitrogens with one attached hydrogen (secondary N) is 1. The van der Waals surface area contributed by atoms with Gasteiger partial charge in [0.25, 0.3) is 11.8 Å². The van der Waals surface area contributed by atoms with Crippen LogP contribution in [0.1, 0.15) is 47.9 Å². The highest BCUT2D eigenvalue weighted by atomic mass is 79.9. The number of hydrogen-bond donors (Lipinski definition) is 1. The Morgan fingerprint density at radius 3 is 1.80 bits per heavy atom. The zero-order valence-corrected chi connectivity index (χ0v) is 27.1. The van der Waals surface area contributed by atoms with Gasteiger partial charge < -0.3 is 10.2 Å². The van der Waals surface area contributed by atoms with Crippen LogP contribution in [0.2, 0.25) is 0 Å². The Balaban J connectivity index is 1.80. The van der Waals surface area contributed by atoms with Crippen LogP contribution in [0, 0.1) is 11.6 Å². The van der Waals surface area contributed by atoms with E-state index < -0.39 is 115 Å². The molecule has 54 heavy (non-hydrogen) atoms. The number of carbonyl (C=O) groups excluding carboxylic acids is 3. The van der Waals surface area contributed by atoms with Crippen LogP contribution in [-0.4, -0.2) is 35.1 Å². The number of amides is 2. The molecule has 0 aliphatic heterocycles. The average molecular weight is 856 g/mol. The van der Waals surface area contributed by atoms with E-state index in [0.717, 1.165) is 18.2 Å². The normalized spacial score (nSPS) is 12.7. The van der Waals surface area contributed by atoms with Gasteiger partial charge in [0.15, 0.2) is 5.82 Å². The summed E-state index contributed by atoms with van der Waals surface area (Å²) in [5, 5.41) is 1.25. The standard InChI is InChI=1S/C31H13BrF15N3O4/c32-19-11-15(27(35,30(42,43)44)31(45,46)47)10-18(28(36,37)38)23(19)49-24(51)17-2-1-3-20(22(17)34)50(25(52)13-4-7-16(33)8-5-13)54-26(53)14-6-9-21(48-12-14)29(39,40)41/h1-12H,(H,49,51). The van der Waals surface area contributed by atoms with Gasteiger partial charge in [-0.3, -0.25) is 14.6 Å². The minimum Gasteiger partial charge on any atom is -0.327 e. The van der Waals surface area contributed by atoms with E-state index in [9.17, 15) is 75.8 Å². The van der Waals surface area contributed by atoms with E-state index in [2.05, 4.69) is 20.9 Å². The van der Waals surface area contributed by atoms with E-state index in [1.807, 2.05) is 0 Å². The monoisotopic (exact) mass is 855 g/mol. The highest BCUT2D eigenvalue weighted by Crippen LogP contribution is 2.55. The molecular formula is C31H13BrF15N3O4. The quantitative estimate of drug-likeness (QED) is 0.154. The van der Waals surface area contributed by atoms with Crippen LogP contribution >= 0.6 is 15.9 Å². The van der Waals surface area contributed by atoms with Crippen molar-refractivity contribution in [3.05, 3.63) is 123 Å². The van der Waals surface area contributed by atoms with Gasteiger partial charge in [-0.2, -0.15) is 52.7 Å². The van der Waals surface area contributed by atoms with Crippen LogP contribution in [0.25, 0.3) is 0 Å². The van der Waals surface area contributed by atoms with Crippen molar-refractivity contribution in [3.8, 4) is 0 Å². The third-order valence-corrected chi connectivity index (χ3v) is 7.62. The maximum Gasteiger partial charge on any atom is 0.435 e. The van der Waals surface area contributed by atoms with Crippen LogP contribution in [0.3, 0.4) is 0 Å². The number of rotatable bonds is 6. The van der Waals surface area contributed by atoms with Crippen molar-refractivity contribution in [2.45, 2.75) is 30.4 Å². The zero-order valence-electron chi connectivity index (χ0n) is 25.5. The molecule has 0 fully saturated rings. The highest BCUT2D eigenvalue weighted by molar-refractivity contribution is 9.10. The molecule has 0 atom stereocenters. The molecule has 3 aromatic carbocycles. The summed E-state index contributed by atoms with van der Waals surface area (Å²) in [7, 11) is 0. The van der Waals surface area contributed by atoms with Gasteiger partial charge in [-0.25, -0.2) is 18.0 Å². The summed E-state index contributed by atoms with van der Waals surface area (Å²) >= 11 is 2.27. The lowest BCUT2D eigenvalue weighted by Crippen LogP contribution is -2.50. The molecule has 23 heteroatoms. The number of carbonyl (C=O) groups is 3. The van der Waals surface area contributed by atoms with Gasteiger partial charge in [-0.05, 0) is 76.6 Å². The molecule has 0 unspecified atom stereocenters. The highest BCUT2D eigenvalue weighted by Gasteiger charge is 2.73. The molecule has 1 N–H and O–H groups in total. The van der Waals surface area contributed by atoms with Gasteiger partial charge in [-0.1, -0.05) is 6.07 Å². The number of halogens is 16. The zero-order chi connectivity index (χ0) is 40.8. The second kappa shape index (κ2) is 14.5. The van der Waals surface area contributed by atoms with E-state index in [0.29, 0.717) is 42.6 Å². The SMILES string of the molecule is O=C(ON(C(=O)c1ccc(F)cc1)c1cccc(C(=O)Nc2c(Br)cc(C(F)(C(F)(F)F)C(F)(F)F)cc2C(F)(F)F)c1F)c1ccc(C(F)(F)F)nc1. The predicted molar refractivity (Wildman–Crippen MR) is 156 cm³/mol. The molecule has 288 valence electrons. The lowest BCUT2D eigenvalue weighted by molar-refractivity contribution is -0.348. The van der Waals surface area contributed by atoms with E-state index in [1.54, 1.807) is 0 Å². The Morgan fingerprint density at radius 2 is 1.30 bits per heavy atom. The lowest BCUT2D eigenvalue weighted by atomic mass is 9.92. The third-order valence-electron chi connectivity index (χ3n) is 6.99. The fourth-order valence-electron chi connectivity index (χ4n) is 4.40. The van der Waals surface area contributed by atoms with Crippen molar-refractivity contribution < 1.29 is 85.1 Å². The Labute approximate surface area is 298 Å². The number of hydrogen-bond acceptors (Lipinski definition) is 5. The van der Waals surface area contributed by atoms with Crippen LogP contribution < -0.4 is 10.4 Å². The van der Waals surface area contributed by atoms with Gasteiger partial charge in [-0.15, -0.1) is 5.06 Å². The molecule has 7 nitrogen and oxygen atoms in total. The van der Waals surface area contributed by atoms with Gasteiger partial charge in [0.05, 0.1) is 22.4 Å². The maximum atomic E-state index is 16.0. The number of benzene rings is 3. The lowest BCUT2D eigenvalue weighted by Gasteiger charge is -2.31. The van der Waals surface area contributed by atoms with Gasteiger partial charge in [0.1, 0.15) is 17.2 Å². The Morgan fingerprint density at radius 1 is 0.722 bits per heavy atom. The predicted octanol–water partition coefficient (Wildman–Crippen LogP) is 10.1.